The summed E-state index contributed by atoms with van der Waals surface area (Å²) in [7, 11) is 1.59. The highest BCUT2D eigenvalue weighted by Crippen LogP contribution is 2.48. The van der Waals surface area contributed by atoms with Crippen molar-refractivity contribution in [3.63, 3.8) is 0 Å². The first-order valence-corrected chi connectivity index (χ1v) is 8.37. The van der Waals surface area contributed by atoms with E-state index in [2.05, 4.69) is 26.0 Å². The molecule has 2 aromatic carbocycles. The summed E-state index contributed by atoms with van der Waals surface area (Å²) in [5.41, 5.74) is 3.62. The van der Waals surface area contributed by atoms with Gasteiger partial charge in [-0.1, -0.05) is 19.9 Å². The van der Waals surface area contributed by atoms with Gasteiger partial charge in [-0.25, -0.2) is 0 Å². The molecule has 2 aliphatic rings. The molecule has 0 radical (unpaired) electrons. The van der Waals surface area contributed by atoms with Crippen molar-refractivity contribution in [2.45, 2.75) is 26.2 Å². The van der Waals surface area contributed by atoms with Crippen molar-refractivity contribution < 1.29 is 19.3 Å². The molecule has 2 aromatic rings. The predicted octanol–water partition coefficient (Wildman–Crippen LogP) is 4.09. The molecule has 1 N–H and O–H groups in total. The van der Waals surface area contributed by atoms with Crippen molar-refractivity contribution in [3.05, 3.63) is 47.0 Å². The van der Waals surface area contributed by atoms with Crippen LogP contribution < -0.4 is 14.2 Å². The van der Waals surface area contributed by atoms with Gasteiger partial charge in [-0.2, -0.15) is 0 Å². The van der Waals surface area contributed by atoms with Crippen molar-refractivity contribution in [1.82, 2.24) is 0 Å². The van der Waals surface area contributed by atoms with Gasteiger partial charge in [0.1, 0.15) is 0 Å². The second-order valence-corrected chi connectivity index (χ2v) is 6.85. The smallest absolute Gasteiger partial charge is 0.231 e. The lowest BCUT2D eigenvalue weighted by Gasteiger charge is -2.37. The zero-order valence-electron chi connectivity index (χ0n) is 14.2. The number of phenolic OH excluding ortho intramolecular Hbond substituents is 1. The third kappa shape index (κ3) is 2.29. The van der Waals surface area contributed by atoms with E-state index in [9.17, 15) is 5.11 Å². The number of hydrogen-bond acceptors (Lipinski definition) is 4. The average molecular weight is 326 g/mol. The second-order valence-electron chi connectivity index (χ2n) is 6.85. The van der Waals surface area contributed by atoms with Gasteiger partial charge in [-0.3, -0.25) is 0 Å². The second kappa shape index (κ2) is 5.62. The van der Waals surface area contributed by atoms with Crippen LogP contribution in [0.3, 0.4) is 0 Å². The highest BCUT2D eigenvalue weighted by atomic mass is 16.7. The van der Waals surface area contributed by atoms with Gasteiger partial charge in [0.25, 0.3) is 0 Å². The van der Waals surface area contributed by atoms with Gasteiger partial charge in [-0.15, -0.1) is 0 Å². The molecule has 3 atom stereocenters. The molecule has 1 aliphatic heterocycles. The Labute approximate surface area is 142 Å². The molecule has 0 amide bonds. The van der Waals surface area contributed by atoms with E-state index in [1.165, 1.54) is 16.7 Å². The molecule has 0 bridgehead atoms. The van der Waals surface area contributed by atoms with Gasteiger partial charge in [-0.05, 0) is 59.2 Å². The quantitative estimate of drug-likeness (QED) is 0.903. The lowest BCUT2D eigenvalue weighted by molar-refractivity contribution is 0.174. The molecular formula is C20H22O4. The van der Waals surface area contributed by atoms with Crippen LogP contribution in [0.4, 0.5) is 0 Å². The predicted molar refractivity (Wildman–Crippen MR) is 91.1 cm³/mol. The van der Waals surface area contributed by atoms with E-state index >= 15 is 0 Å². The number of hydrogen-bond donors (Lipinski definition) is 1. The highest BCUT2D eigenvalue weighted by Gasteiger charge is 2.34. The van der Waals surface area contributed by atoms with Crippen LogP contribution in [-0.2, 0) is 6.42 Å². The Morgan fingerprint density at radius 3 is 2.67 bits per heavy atom. The molecular weight excluding hydrogens is 304 g/mol. The van der Waals surface area contributed by atoms with E-state index in [0.29, 0.717) is 17.6 Å². The van der Waals surface area contributed by atoms with Crippen molar-refractivity contribution in [2.75, 3.05) is 13.9 Å². The van der Waals surface area contributed by atoms with Gasteiger partial charge >= 0.3 is 0 Å². The summed E-state index contributed by atoms with van der Waals surface area (Å²) in [6, 6.07) is 10.0. The summed E-state index contributed by atoms with van der Waals surface area (Å²) in [6.45, 7) is 4.85. The third-order valence-corrected chi connectivity index (χ3v) is 5.50. The molecule has 4 rings (SSSR count). The van der Waals surface area contributed by atoms with Crippen molar-refractivity contribution in [1.29, 1.82) is 0 Å². The highest BCUT2D eigenvalue weighted by molar-refractivity contribution is 5.54. The van der Waals surface area contributed by atoms with E-state index in [0.717, 1.165) is 17.9 Å². The lowest BCUT2D eigenvalue weighted by atomic mass is 9.68. The first kappa shape index (κ1) is 15.2. The summed E-state index contributed by atoms with van der Waals surface area (Å²) in [4.78, 5) is 0. The minimum Gasteiger partial charge on any atom is -0.504 e. The Morgan fingerprint density at radius 2 is 1.88 bits per heavy atom. The van der Waals surface area contributed by atoms with Crippen molar-refractivity contribution in [2.24, 2.45) is 11.8 Å². The largest absolute Gasteiger partial charge is 0.504 e. The number of methoxy groups -OCH3 is 1. The number of benzene rings is 2. The SMILES string of the molecule is COc1cc2c(cc1O)C(c1ccc3c(c1)OCO3)C(C)C(C)C2. The molecule has 0 spiro atoms. The van der Waals surface area contributed by atoms with Crippen molar-refractivity contribution >= 4 is 0 Å². The van der Waals surface area contributed by atoms with Crippen LogP contribution >= 0.6 is 0 Å². The van der Waals surface area contributed by atoms with Crippen LogP contribution in [0.2, 0.25) is 0 Å². The molecule has 24 heavy (non-hydrogen) atoms. The lowest BCUT2D eigenvalue weighted by Crippen LogP contribution is -2.26. The minimum absolute atomic E-state index is 0.198. The van der Waals surface area contributed by atoms with Crippen LogP contribution in [0.25, 0.3) is 0 Å². The molecule has 4 nitrogen and oxygen atoms in total. The standard InChI is InChI=1S/C20H22O4/c1-11-6-14-8-18(22-3)16(21)9-15(14)20(12(11)2)13-4-5-17-19(7-13)24-10-23-17/h4-5,7-9,11-12,20-21H,6,10H2,1-3H3. The molecule has 0 saturated heterocycles. The average Bonchev–Trinajstić information content (AvgIpc) is 3.04. The number of aromatic hydroxyl groups is 1. The number of phenols is 1. The van der Waals surface area contributed by atoms with Crippen molar-refractivity contribution in [3.8, 4) is 23.0 Å². The van der Waals surface area contributed by atoms with Gasteiger partial charge in [0, 0.05) is 5.92 Å². The minimum atomic E-state index is 0.198. The first-order chi connectivity index (χ1) is 11.6. The molecule has 0 fully saturated rings. The Hall–Kier alpha value is -2.36. The maximum Gasteiger partial charge on any atom is 0.231 e. The summed E-state index contributed by atoms with van der Waals surface area (Å²) < 4.78 is 16.3. The first-order valence-electron chi connectivity index (χ1n) is 8.37. The maximum atomic E-state index is 10.3. The van der Waals surface area contributed by atoms with Crippen LogP contribution in [0.1, 0.15) is 36.5 Å². The summed E-state index contributed by atoms with van der Waals surface area (Å²) in [6.07, 6.45) is 0.994. The Balaban J connectivity index is 1.84. The molecule has 0 aromatic heterocycles. The molecule has 0 saturated carbocycles. The molecule has 1 aliphatic carbocycles. The van der Waals surface area contributed by atoms with Gasteiger partial charge < -0.3 is 19.3 Å². The fourth-order valence-corrected chi connectivity index (χ4v) is 3.99. The van der Waals surface area contributed by atoms with Gasteiger partial charge in [0.15, 0.2) is 23.0 Å². The molecule has 3 unspecified atom stereocenters. The zero-order valence-corrected chi connectivity index (χ0v) is 14.2. The van der Waals surface area contributed by atoms with Gasteiger partial charge in [0.05, 0.1) is 7.11 Å². The summed E-state index contributed by atoms with van der Waals surface area (Å²) in [5.74, 6) is 3.57. The zero-order chi connectivity index (χ0) is 16.8. The van der Waals surface area contributed by atoms with E-state index in [1.54, 1.807) is 7.11 Å². The van der Waals surface area contributed by atoms with Crippen LogP contribution in [-0.4, -0.2) is 19.0 Å². The maximum absolute atomic E-state index is 10.3. The van der Waals surface area contributed by atoms with Crippen LogP contribution in [0.15, 0.2) is 30.3 Å². The fourth-order valence-electron chi connectivity index (χ4n) is 3.99. The van der Waals surface area contributed by atoms with E-state index in [1.807, 2.05) is 18.2 Å². The fraction of sp³-hybridized carbons (Fsp3) is 0.400. The Bertz CT molecular complexity index is 783. The van der Waals surface area contributed by atoms with Crippen LogP contribution in [0.5, 0.6) is 23.0 Å². The van der Waals surface area contributed by atoms with E-state index in [-0.39, 0.29) is 18.5 Å². The van der Waals surface area contributed by atoms with Crippen LogP contribution in [0, 0.1) is 11.8 Å². The topological polar surface area (TPSA) is 47.9 Å². The molecule has 126 valence electrons. The summed E-state index contributed by atoms with van der Waals surface area (Å²) >= 11 is 0. The number of fused-ring (bicyclic) bond motifs is 2. The van der Waals surface area contributed by atoms with E-state index < -0.39 is 0 Å². The molecule has 4 heteroatoms. The Kier molecular flexibility index (Phi) is 3.56. The van der Waals surface area contributed by atoms with E-state index in [4.69, 9.17) is 14.2 Å². The number of rotatable bonds is 2. The monoisotopic (exact) mass is 326 g/mol. The third-order valence-electron chi connectivity index (χ3n) is 5.50. The normalized spacial score (nSPS) is 24.5. The molecule has 1 heterocycles. The summed E-state index contributed by atoms with van der Waals surface area (Å²) in [5, 5.41) is 10.3. The van der Waals surface area contributed by atoms with Gasteiger partial charge in [0.2, 0.25) is 6.79 Å². The Morgan fingerprint density at radius 1 is 1.08 bits per heavy atom. The number of ether oxygens (including phenoxy) is 3.